The summed E-state index contributed by atoms with van der Waals surface area (Å²) in [6.45, 7) is 0. The van der Waals surface area contributed by atoms with Crippen LogP contribution in [0.1, 0.15) is 0 Å². The molecule has 0 saturated heterocycles. The molecular formula is C78H65Br9Cl4O13. The van der Waals surface area contributed by atoms with E-state index in [1.165, 1.54) is 0 Å². The lowest BCUT2D eigenvalue weighted by molar-refractivity contribution is 0.471. The molecule has 0 bridgehead atoms. The van der Waals surface area contributed by atoms with Gasteiger partial charge in [0.25, 0.3) is 0 Å². The van der Waals surface area contributed by atoms with Gasteiger partial charge in [0.2, 0.25) is 0 Å². The third kappa shape index (κ3) is 54.4. The molecule has 0 saturated carbocycles. The summed E-state index contributed by atoms with van der Waals surface area (Å²) in [6, 6.07) is 87.1. The zero-order valence-corrected chi connectivity index (χ0v) is 71.0. The van der Waals surface area contributed by atoms with Gasteiger partial charge in [-0.15, -0.1) is 0 Å². The van der Waals surface area contributed by atoms with Crippen molar-refractivity contribution in [1.29, 1.82) is 0 Å². The summed E-state index contributed by atoms with van der Waals surface area (Å²) in [5.41, 5.74) is 0. The van der Waals surface area contributed by atoms with Crippen LogP contribution in [0, 0.1) is 0 Å². The van der Waals surface area contributed by atoms with Crippen molar-refractivity contribution < 1.29 is 66.4 Å². The number of aromatic hydroxyl groups is 13. The molecule has 0 fully saturated rings. The molecule has 0 atom stereocenters. The maximum atomic E-state index is 8.87. The first-order chi connectivity index (χ1) is 49.3. The topological polar surface area (TPSA) is 263 Å². The minimum absolute atomic E-state index is 0.245. The summed E-state index contributed by atoms with van der Waals surface area (Å²) in [5, 5.41) is 116. The van der Waals surface area contributed by atoms with E-state index in [1.54, 1.807) is 309 Å². The maximum absolute atomic E-state index is 8.87. The first kappa shape index (κ1) is 94.8. The second kappa shape index (κ2) is 57.0. The Morgan fingerprint density at radius 2 is 0.250 bits per heavy atom. The van der Waals surface area contributed by atoms with Gasteiger partial charge in [-0.2, -0.15) is 0 Å². The maximum Gasteiger partial charge on any atom is 0.129 e. The highest BCUT2D eigenvalue weighted by atomic mass is 79.9. The van der Waals surface area contributed by atoms with Crippen molar-refractivity contribution in [2.75, 3.05) is 0 Å². The second-order valence-corrected chi connectivity index (χ2v) is 29.1. The predicted octanol–water partition coefficient (Wildman–Crippen LogP) is 27.6. The van der Waals surface area contributed by atoms with Crippen LogP contribution >= 0.6 is 190 Å². The van der Waals surface area contributed by atoms with Gasteiger partial charge in [-0.25, -0.2) is 0 Å². The number of phenols is 13. The van der Waals surface area contributed by atoms with E-state index in [-0.39, 0.29) is 28.7 Å². The summed E-state index contributed by atoms with van der Waals surface area (Å²) in [5.74, 6) is 3.66. The van der Waals surface area contributed by atoms with Crippen LogP contribution < -0.4 is 0 Å². The smallest absolute Gasteiger partial charge is 0.129 e. The molecule has 0 aromatic heterocycles. The number of para-hydroxylation sites is 1. The number of halogens is 13. The molecule has 0 amide bonds. The number of rotatable bonds is 0. The minimum atomic E-state index is 0.245. The molecule has 0 unspecified atom stereocenters. The van der Waals surface area contributed by atoms with E-state index in [0.29, 0.717) is 66.1 Å². The van der Waals surface area contributed by atoms with Gasteiger partial charge >= 0.3 is 0 Å². The van der Waals surface area contributed by atoms with Crippen LogP contribution in [-0.4, -0.2) is 66.4 Å². The summed E-state index contributed by atoms with van der Waals surface area (Å²) < 4.78 is 8.59. The number of benzene rings is 13. The fourth-order valence-electron chi connectivity index (χ4n) is 5.74. The van der Waals surface area contributed by atoms with Crippen molar-refractivity contribution in [3.8, 4) is 74.7 Å². The van der Waals surface area contributed by atoms with E-state index in [2.05, 4.69) is 143 Å². The lowest BCUT2D eigenvalue weighted by Crippen LogP contribution is -1.63. The molecule has 26 heteroatoms. The van der Waals surface area contributed by atoms with Crippen LogP contribution in [0.15, 0.2) is 356 Å². The summed E-state index contributed by atoms with van der Waals surface area (Å²) in [6.07, 6.45) is 0. The number of hydrogen-bond donors (Lipinski definition) is 13. The summed E-state index contributed by atoms with van der Waals surface area (Å²) in [7, 11) is 0. The summed E-state index contributed by atoms with van der Waals surface area (Å²) >= 11 is 51.0. The Bertz CT molecular complexity index is 3100. The zero-order valence-electron chi connectivity index (χ0n) is 53.7. The third-order valence-electron chi connectivity index (χ3n) is 10.8. The van der Waals surface area contributed by atoms with Crippen LogP contribution in [0.2, 0.25) is 20.1 Å². The van der Waals surface area contributed by atoms with Gasteiger partial charge in [-0.1, -0.05) is 186 Å². The Hall–Kier alpha value is -7.26. The first-order valence-corrected chi connectivity index (χ1v) is 37.7. The van der Waals surface area contributed by atoms with Crippen molar-refractivity contribution in [3.05, 3.63) is 376 Å². The van der Waals surface area contributed by atoms with E-state index < -0.39 is 0 Å². The highest BCUT2D eigenvalue weighted by molar-refractivity contribution is 9.12. The van der Waals surface area contributed by atoms with Gasteiger partial charge < -0.3 is 66.4 Å². The zero-order chi connectivity index (χ0) is 77.8. The Morgan fingerprint density at radius 1 is 0.144 bits per heavy atom. The van der Waals surface area contributed by atoms with Crippen molar-refractivity contribution in [2.45, 2.75) is 0 Å². The average Bonchev–Trinajstić information content (AvgIpc) is 1.16. The molecule has 0 spiro atoms. The van der Waals surface area contributed by atoms with Crippen LogP contribution in [0.4, 0.5) is 0 Å². The standard InChI is InChI=1S/9C6H5BrO.4C6H5ClO/c8*7-5-1-3-6(8)4-2-5;7-5-3-1-2-4-6(5)8;4*7-5-1-3-6(8)4-2-5/h13*1-4,8H. The van der Waals surface area contributed by atoms with Gasteiger partial charge in [-0.3, -0.25) is 0 Å². The molecule has 104 heavy (non-hydrogen) atoms. The Kier molecular flexibility index (Phi) is 52.0. The predicted molar refractivity (Wildman–Crippen MR) is 455 cm³/mol. The Balaban J connectivity index is 0.000000563. The largest absolute Gasteiger partial charge is 0.508 e. The van der Waals surface area contributed by atoms with Gasteiger partial charge in [0.05, 0.1) is 4.47 Å². The van der Waals surface area contributed by atoms with E-state index in [9.17, 15) is 0 Å². The first-order valence-electron chi connectivity index (χ1n) is 29.0. The van der Waals surface area contributed by atoms with Crippen molar-refractivity contribution >= 4 is 190 Å². The molecule has 13 N–H and O–H groups in total. The minimum Gasteiger partial charge on any atom is -0.508 e. The Morgan fingerprint density at radius 3 is 0.327 bits per heavy atom. The number of phenolic OH excluding ortho intramolecular Hbond substituents is 13. The molecule has 546 valence electrons. The molecule has 0 aliphatic heterocycles. The quantitative estimate of drug-likeness (QED) is 0.0675. The SMILES string of the molecule is Oc1ccc(Br)cc1.Oc1ccc(Br)cc1.Oc1ccc(Br)cc1.Oc1ccc(Br)cc1.Oc1ccc(Br)cc1.Oc1ccc(Br)cc1.Oc1ccc(Br)cc1.Oc1ccc(Br)cc1.Oc1ccc(Cl)cc1.Oc1ccc(Cl)cc1.Oc1ccc(Cl)cc1.Oc1ccc(Cl)cc1.Oc1ccccc1Br. The number of hydrogen-bond acceptors (Lipinski definition) is 13. The van der Waals surface area contributed by atoms with E-state index in [4.69, 9.17) is 113 Å². The molecular weight excluding hydrogens is 2010 g/mol. The van der Waals surface area contributed by atoms with E-state index >= 15 is 0 Å². The van der Waals surface area contributed by atoms with Gasteiger partial charge in [0.1, 0.15) is 74.7 Å². The summed E-state index contributed by atoms with van der Waals surface area (Å²) in [4.78, 5) is 0. The normalized spacial score (nSPS) is 9.12. The van der Waals surface area contributed by atoms with Crippen molar-refractivity contribution in [1.82, 2.24) is 0 Å². The van der Waals surface area contributed by atoms with Crippen molar-refractivity contribution in [2.24, 2.45) is 0 Å². The molecule has 0 aliphatic rings. The molecule has 13 nitrogen and oxygen atoms in total. The molecule has 13 aromatic rings. The van der Waals surface area contributed by atoms with Gasteiger partial charge in [0.15, 0.2) is 0 Å². The highest BCUT2D eigenvalue weighted by Crippen LogP contribution is 2.23. The molecule has 13 rings (SSSR count). The lowest BCUT2D eigenvalue weighted by atomic mass is 10.3. The Labute approximate surface area is 699 Å². The molecule has 0 aliphatic carbocycles. The fraction of sp³-hybridized carbons (Fsp3) is 0. The third-order valence-corrected chi connectivity index (χ3v) is 16.7. The van der Waals surface area contributed by atoms with Crippen LogP contribution in [-0.2, 0) is 0 Å². The van der Waals surface area contributed by atoms with E-state index in [1.807, 2.05) is 6.07 Å². The lowest BCUT2D eigenvalue weighted by Gasteiger charge is -1.90. The average molecular weight is 2070 g/mol. The van der Waals surface area contributed by atoms with Crippen LogP contribution in [0.25, 0.3) is 0 Å². The monoisotopic (exact) mass is 2060 g/mol. The molecule has 13 aromatic carbocycles. The fourth-order valence-corrected chi connectivity index (χ4v) is 8.65. The molecule has 0 radical (unpaired) electrons. The van der Waals surface area contributed by atoms with E-state index in [0.717, 1.165) is 40.3 Å². The van der Waals surface area contributed by atoms with Crippen LogP contribution in [0.5, 0.6) is 74.7 Å². The van der Waals surface area contributed by atoms with Gasteiger partial charge in [-0.05, 0) is 319 Å². The van der Waals surface area contributed by atoms with Gasteiger partial charge in [0, 0.05) is 55.9 Å². The van der Waals surface area contributed by atoms with Crippen LogP contribution in [0.3, 0.4) is 0 Å². The highest BCUT2D eigenvalue weighted by Gasteiger charge is 1.93. The second-order valence-electron chi connectivity index (χ2n) is 19.2. The molecule has 0 heterocycles. The van der Waals surface area contributed by atoms with Crippen molar-refractivity contribution in [3.63, 3.8) is 0 Å².